The summed E-state index contributed by atoms with van der Waals surface area (Å²) < 4.78 is 5.27. The first kappa shape index (κ1) is 22.7. The molecule has 2 aromatic rings. The maximum atomic E-state index is 13.2. The average Bonchev–Trinajstić information content (AvgIpc) is 2.73. The molecule has 0 radical (unpaired) electrons. The van der Waals surface area contributed by atoms with Crippen molar-refractivity contribution in [3.63, 3.8) is 0 Å². The lowest BCUT2D eigenvalue weighted by Gasteiger charge is -2.34. The van der Waals surface area contributed by atoms with E-state index in [1.54, 1.807) is 12.0 Å². The van der Waals surface area contributed by atoms with Crippen molar-refractivity contribution in [1.82, 2.24) is 4.90 Å². The molecule has 0 fully saturated rings. The van der Waals surface area contributed by atoms with Crippen molar-refractivity contribution in [1.29, 1.82) is 0 Å². The van der Waals surface area contributed by atoms with Gasteiger partial charge in [-0.25, -0.2) is 0 Å². The number of amides is 1. The number of hydrogen-bond donors (Lipinski definition) is 1. The Labute approximate surface area is 174 Å². The van der Waals surface area contributed by atoms with E-state index in [2.05, 4.69) is 32.1 Å². The van der Waals surface area contributed by atoms with Gasteiger partial charge >= 0.3 is 0 Å². The molecule has 2 rings (SSSR count). The predicted molar refractivity (Wildman–Crippen MR) is 118 cm³/mol. The Morgan fingerprint density at radius 1 is 1.14 bits per heavy atom. The van der Waals surface area contributed by atoms with E-state index in [4.69, 9.17) is 4.74 Å². The lowest BCUT2D eigenvalue weighted by molar-refractivity contribution is -0.133. The molecule has 2 aromatic carbocycles. The molecule has 0 heterocycles. The molecule has 0 aromatic heterocycles. The minimum atomic E-state index is -0.230. The third-order valence-electron chi connectivity index (χ3n) is 5.52. The number of hydrogen-bond acceptors (Lipinski definition) is 3. The van der Waals surface area contributed by atoms with Gasteiger partial charge in [0.15, 0.2) is 0 Å². The molecule has 156 valence electrons. The van der Waals surface area contributed by atoms with Crippen LogP contribution in [0.4, 0.5) is 0 Å². The number of carbonyl (C=O) groups is 1. The Morgan fingerprint density at radius 2 is 1.79 bits per heavy atom. The van der Waals surface area contributed by atoms with Crippen molar-refractivity contribution < 1.29 is 14.6 Å². The maximum Gasteiger partial charge on any atom is 0.223 e. The lowest BCUT2D eigenvalue weighted by Crippen LogP contribution is -2.37. The van der Waals surface area contributed by atoms with Crippen molar-refractivity contribution in [2.45, 2.75) is 39.2 Å². The van der Waals surface area contributed by atoms with E-state index < -0.39 is 0 Å². The Morgan fingerprint density at radius 3 is 2.34 bits per heavy atom. The molecule has 1 N–H and O–H groups in total. The summed E-state index contributed by atoms with van der Waals surface area (Å²) in [5, 5.41) is 9.47. The first-order valence-electron chi connectivity index (χ1n) is 10.1. The van der Waals surface area contributed by atoms with Gasteiger partial charge in [-0.15, -0.1) is 0 Å². The fourth-order valence-electron chi connectivity index (χ4n) is 3.56. The monoisotopic (exact) mass is 395 g/mol. The molecule has 4 heteroatoms. The van der Waals surface area contributed by atoms with Crippen LogP contribution in [-0.4, -0.2) is 36.2 Å². The van der Waals surface area contributed by atoms with Crippen LogP contribution < -0.4 is 4.74 Å². The SMILES string of the molecule is C/C=C/[C@H](CC(=O)N(CCO)Cc1ccccc1)C(C)(C)c1ccc(OC)cc1. The number of methoxy groups -OCH3 is 1. The zero-order valence-electron chi connectivity index (χ0n) is 18.0. The quantitative estimate of drug-likeness (QED) is 0.599. The van der Waals surface area contributed by atoms with Gasteiger partial charge in [-0.05, 0) is 41.5 Å². The first-order valence-corrected chi connectivity index (χ1v) is 10.1. The summed E-state index contributed by atoms with van der Waals surface area (Å²) >= 11 is 0. The van der Waals surface area contributed by atoms with E-state index >= 15 is 0 Å². The van der Waals surface area contributed by atoms with Crippen LogP contribution in [0, 0.1) is 5.92 Å². The number of aliphatic hydroxyl groups excluding tert-OH is 1. The van der Waals surface area contributed by atoms with Crippen LogP contribution in [0.5, 0.6) is 5.75 Å². The largest absolute Gasteiger partial charge is 0.497 e. The van der Waals surface area contributed by atoms with Crippen molar-refractivity contribution in [2.75, 3.05) is 20.3 Å². The van der Waals surface area contributed by atoms with E-state index in [-0.39, 0.29) is 23.8 Å². The topological polar surface area (TPSA) is 49.8 Å². The van der Waals surface area contributed by atoms with Gasteiger partial charge in [0.2, 0.25) is 5.91 Å². The Kier molecular flexibility index (Phi) is 8.47. The number of carbonyl (C=O) groups excluding carboxylic acids is 1. The van der Waals surface area contributed by atoms with Gasteiger partial charge in [0, 0.05) is 19.5 Å². The fourth-order valence-corrected chi connectivity index (χ4v) is 3.56. The van der Waals surface area contributed by atoms with Gasteiger partial charge in [-0.2, -0.15) is 0 Å². The number of ether oxygens (including phenoxy) is 1. The minimum Gasteiger partial charge on any atom is -0.497 e. The molecule has 1 atom stereocenters. The summed E-state index contributed by atoms with van der Waals surface area (Å²) in [4.78, 5) is 14.9. The molecule has 0 aliphatic heterocycles. The van der Waals surface area contributed by atoms with Crippen molar-refractivity contribution >= 4 is 5.91 Å². The van der Waals surface area contributed by atoms with Gasteiger partial charge in [-0.1, -0.05) is 68.5 Å². The molecule has 29 heavy (non-hydrogen) atoms. The summed E-state index contributed by atoms with van der Waals surface area (Å²) in [7, 11) is 1.66. The second-order valence-corrected chi connectivity index (χ2v) is 7.81. The highest BCUT2D eigenvalue weighted by molar-refractivity contribution is 5.77. The number of aliphatic hydroxyl groups is 1. The third-order valence-corrected chi connectivity index (χ3v) is 5.52. The molecule has 4 nitrogen and oxygen atoms in total. The predicted octanol–water partition coefficient (Wildman–Crippen LogP) is 4.58. The standard InChI is InChI=1S/C25H33NO3/c1-5-9-22(25(2,3)21-12-14-23(29-4)15-13-21)18-24(28)26(16-17-27)19-20-10-7-6-8-11-20/h5-15,22,27H,16-19H2,1-4H3/b9-5+/t22-/m1/s1. The van der Waals surface area contributed by atoms with E-state index in [9.17, 15) is 9.90 Å². The smallest absolute Gasteiger partial charge is 0.223 e. The van der Waals surface area contributed by atoms with E-state index in [1.807, 2.05) is 55.5 Å². The Bertz CT molecular complexity index is 781. The molecule has 0 bridgehead atoms. The first-order chi connectivity index (χ1) is 13.9. The molecular formula is C25H33NO3. The van der Waals surface area contributed by atoms with Crippen LogP contribution in [0.15, 0.2) is 66.7 Å². The summed E-state index contributed by atoms with van der Waals surface area (Å²) in [6.07, 6.45) is 4.51. The van der Waals surface area contributed by atoms with Crippen LogP contribution in [0.3, 0.4) is 0 Å². The van der Waals surface area contributed by atoms with Crippen LogP contribution in [-0.2, 0) is 16.8 Å². The Balaban J connectivity index is 2.20. The van der Waals surface area contributed by atoms with E-state index in [1.165, 1.54) is 0 Å². The van der Waals surface area contributed by atoms with Gasteiger partial charge in [0.25, 0.3) is 0 Å². The lowest BCUT2D eigenvalue weighted by atomic mass is 9.71. The van der Waals surface area contributed by atoms with Crippen molar-refractivity contribution in [2.24, 2.45) is 5.92 Å². The number of rotatable bonds is 10. The fraction of sp³-hybridized carbons (Fsp3) is 0.400. The zero-order chi connectivity index (χ0) is 21.3. The normalized spacial score (nSPS) is 12.7. The Hall–Kier alpha value is -2.59. The molecular weight excluding hydrogens is 362 g/mol. The van der Waals surface area contributed by atoms with Crippen molar-refractivity contribution in [3.05, 3.63) is 77.9 Å². The molecule has 0 unspecified atom stereocenters. The molecule has 0 saturated heterocycles. The van der Waals surface area contributed by atoms with Crippen LogP contribution in [0.2, 0.25) is 0 Å². The van der Waals surface area contributed by atoms with Crippen LogP contribution >= 0.6 is 0 Å². The van der Waals surface area contributed by atoms with Crippen LogP contribution in [0.25, 0.3) is 0 Å². The average molecular weight is 396 g/mol. The molecule has 1 amide bonds. The molecule has 0 aliphatic carbocycles. The van der Waals surface area contributed by atoms with Crippen molar-refractivity contribution in [3.8, 4) is 5.75 Å². The highest BCUT2D eigenvalue weighted by Crippen LogP contribution is 2.36. The van der Waals surface area contributed by atoms with E-state index in [0.29, 0.717) is 19.5 Å². The number of benzene rings is 2. The summed E-state index contributed by atoms with van der Waals surface area (Å²) in [6.45, 7) is 7.11. The van der Waals surface area contributed by atoms with Gasteiger partial charge in [0.05, 0.1) is 13.7 Å². The van der Waals surface area contributed by atoms with Crippen LogP contribution in [0.1, 0.15) is 38.3 Å². The van der Waals surface area contributed by atoms with Gasteiger partial charge in [-0.3, -0.25) is 4.79 Å². The molecule has 0 aliphatic rings. The highest BCUT2D eigenvalue weighted by Gasteiger charge is 2.32. The van der Waals surface area contributed by atoms with E-state index in [0.717, 1.165) is 16.9 Å². The maximum absolute atomic E-state index is 13.2. The summed E-state index contributed by atoms with van der Waals surface area (Å²) in [5.74, 6) is 0.901. The number of nitrogens with zero attached hydrogens (tertiary/aromatic N) is 1. The second-order valence-electron chi connectivity index (χ2n) is 7.81. The number of allylic oxidation sites excluding steroid dienone is 2. The molecule has 0 spiro atoms. The highest BCUT2D eigenvalue weighted by atomic mass is 16.5. The minimum absolute atomic E-state index is 0.0327. The van der Waals surface area contributed by atoms with Gasteiger partial charge in [0.1, 0.15) is 5.75 Å². The third kappa shape index (κ3) is 6.20. The zero-order valence-corrected chi connectivity index (χ0v) is 18.0. The molecule has 0 saturated carbocycles. The van der Waals surface area contributed by atoms with Gasteiger partial charge < -0.3 is 14.7 Å². The summed E-state index contributed by atoms with van der Waals surface area (Å²) in [5.41, 5.74) is 1.99. The second kappa shape index (κ2) is 10.8. The summed E-state index contributed by atoms with van der Waals surface area (Å²) in [6, 6.07) is 17.9.